The van der Waals surface area contributed by atoms with Crippen LogP contribution in [-0.2, 0) is 16.0 Å². The standard InChI is InChI=1S/C26H20ClN3O2S/c1-2-16-8-11-19(12-9-16)30-23(31)15-22(25(30)32)33-26-28-21-13-10-18(27)14-20(21)24(29-26)17-6-4-3-5-7-17/h3-14,22H,2,15H2,1H3/t22-/m1/s1. The molecule has 1 aliphatic heterocycles. The normalized spacial score (nSPS) is 16.1. The highest BCUT2D eigenvalue weighted by Gasteiger charge is 2.40. The number of imide groups is 1. The zero-order chi connectivity index (χ0) is 22.9. The average molecular weight is 474 g/mol. The molecule has 4 aromatic rings. The van der Waals surface area contributed by atoms with Gasteiger partial charge in [-0.05, 0) is 42.3 Å². The number of aromatic nitrogens is 2. The molecule has 0 bridgehead atoms. The average Bonchev–Trinajstić information content (AvgIpc) is 3.12. The molecule has 1 aliphatic rings. The van der Waals surface area contributed by atoms with E-state index < -0.39 is 5.25 Å². The van der Waals surface area contributed by atoms with Crippen molar-refractivity contribution in [3.05, 3.63) is 83.4 Å². The SMILES string of the molecule is CCc1ccc(N2C(=O)C[C@@H](Sc3nc(-c4ccccc4)c4cc(Cl)ccc4n3)C2=O)cc1. The van der Waals surface area contributed by atoms with Gasteiger partial charge in [-0.15, -0.1) is 0 Å². The Bertz CT molecular complexity index is 1360. The summed E-state index contributed by atoms with van der Waals surface area (Å²) in [6, 6.07) is 22.8. The van der Waals surface area contributed by atoms with E-state index in [0.29, 0.717) is 15.9 Å². The number of rotatable bonds is 5. The summed E-state index contributed by atoms with van der Waals surface area (Å²) in [5.74, 6) is -0.451. The highest BCUT2D eigenvalue weighted by molar-refractivity contribution is 8.00. The third kappa shape index (κ3) is 4.24. The summed E-state index contributed by atoms with van der Waals surface area (Å²) in [6.45, 7) is 2.06. The number of anilines is 1. The first-order valence-electron chi connectivity index (χ1n) is 10.7. The van der Waals surface area contributed by atoms with E-state index in [1.165, 1.54) is 16.7 Å². The molecule has 1 atom stereocenters. The van der Waals surface area contributed by atoms with E-state index in [1.54, 1.807) is 6.07 Å². The van der Waals surface area contributed by atoms with E-state index in [0.717, 1.165) is 34.1 Å². The lowest BCUT2D eigenvalue weighted by Gasteiger charge is -2.15. The summed E-state index contributed by atoms with van der Waals surface area (Å²) < 4.78 is 0. The van der Waals surface area contributed by atoms with Crippen molar-refractivity contribution < 1.29 is 9.59 Å². The lowest BCUT2D eigenvalue weighted by molar-refractivity contribution is -0.121. The third-order valence-electron chi connectivity index (χ3n) is 5.64. The van der Waals surface area contributed by atoms with Crippen molar-refractivity contribution in [2.75, 3.05) is 4.90 Å². The smallest absolute Gasteiger partial charge is 0.247 e. The largest absolute Gasteiger partial charge is 0.274 e. The molecule has 0 unspecified atom stereocenters. The Morgan fingerprint density at radius 3 is 2.48 bits per heavy atom. The summed E-state index contributed by atoms with van der Waals surface area (Å²) in [5.41, 5.74) is 4.17. The van der Waals surface area contributed by atoms with Gasteiger partial charge in [0.15, 0.2) is 5.16 Å². The van der Waals surface area contributed by atoms with E-state index in [9.17, 15) is 9.59 Å². The fourth-order valence-electron chi connectivity index (χ4n) is 3.92. The van der Waals surface area contributed by atoms with Crippen molar-refractivity contribution in [3.8, 4) is 11.3 Å². The Morgan fingerprint density at radius 2 is 1.76 bits per heavy atom. The minimum Gasteiger partial charge on any atom is -0.274 e. The van der Waals surface area contributed by atoms with Crippen molar-refractivity contribution in [3.63, 3.8) is 0 Å². The van der Waals surface area contributed by atoms with Gasteiger partial charge in [-0.2, -0.15) is 0 Å². The van der Waals surface area contributed by atoms with E-state index in [4.69, 9.17) is 16.6 Å². The summed E-state index contributed by atoms with van der Waals surface area (Å²) in [5, 5.41) is 1.32. The van der Waals surface area contributed by atoms with E-state index >= 15 is 0 Å². The lowest BCUT2D eigenvalue weighted by atomic mass is 10.1. The van der Waals surface area contributed by atoms with Crippen molar-refractivity contribution in [1.82, 2.24) is 9.97 Å². The molecular formula is C26H20ClN3O2S. The van der Waals surface area contributed by atoms with Crippen LogP contribution in [0.15, 0.2) is 78.0 Å². The molecule has 5 rings (SSSR count). The van der Waals surface area contributed by atoms with Gasteiger partial charge in [0, 0.05) is 22.4 Å². The number of thioether (sulfide) groups is 1. The molecule has 164 valence electrons. The number of aryl methyl sites for hydroxylation is 1. The minimum atomic E-state index is -0.572. The second-order valence-corrected chi connectivity index (χ2v) is 9.39. The third-order valence-corrected chi connectivity index (χ3v) is 6.92. The summed E-state index contributed by atoms with van der Waals surface area (Å²) >= 11 is 7.47. The van der Waals surface area contributed by atoms with Crippen LogP contribution in [-0.4, -0.2) is 27.0 Å². The molecule has 0 spiro atoms. The van der Waals surface area contributed by atoms with Gasteiger partial charge in [0.2, 0.25) is 11.8 Å². The van der Waals surface area contributed by atoms with E-state index in [2.05, 4.69) is 11.9 Å². The van der Waals surface area contributed by atoms with Gasteiger partial charge in [-0.3, -0.25) is 9.59 Å². The quantitative estimate of drug-likeness (QED) is 0.265. The molecule has 2 heterocycles. The van der Waals surface area contributed by atoms with Gasteiger partial charge < -0.3 is 0 Å². The predicted molar refractivity (Wildman–Crippen MR) is 133 cm³/mol. The van der Waals surface area contributed by atoms with Crippen molar-refractivity contribution in [1.29, 1.82) is 0 Å². The maximum absolute atomic E-state index is 13.1. The molecule has 0 radical (unpaired) electrons. The number of carbonyl (C=O) groups is 2. The first-order valence-corrected chi connectivity index (χ1v) is 11.9. The Balaban J connectivity index is 1.48. The van der Waals surface area contributed by atoms with E-state index in [1.807, 2.05) is 66.7 Å². The molecule has 2 amide bonds. The minimum absolute atomic E-state index is 0.113. The highest BCUT2D eigenvalue weighted by atomic mass is 35.5. The zero-order valence-electron chi connectivity index (χ0n) is 17.9. The fraction of sp³-hybridized carbons (Fsp3) is 0.154. The van der Waals surface area contributed by atoms with Crippen molar-refractivity contribution in [2.45, 2.75) is 30.2 Å². The molecule has 1 aromatic heterocycles. The van der Waals surface area contributed by atoms with Crippen LogP contribution < -0.4 is 4.90 Å². The zero-order valence-corrected chi connectivity index (χ0v) is 19.4. The van der Waals surface area contributed by atoms with Crippen LogP contribution in [0.1, 0.15) is 18.9 Å². The maximum atomic E-state index is 13.1. The maximum Gasteiger partial charge on any atom is 0.247 e. The van der Waals surface area contributed by atoms with Crippen LogP contribution in [0.5, 0.6) is 0 Å². The van der Waals surface area contributed by atoms with Gasteiger partial charge >= 0.3 is 0 Å². The monoisotopic (exact) mass is 473 g/mol. The molecule has 1 saturated heterocycles. The van der Waals surface area contributed by atoms with Crippen LogP contribution >= 0.6 is 23.4 Å². The molecule has 5 nitrogen and oxygen atoms in total. The van der Waals surface area contributed by atoms with Crippen molar-refractivity contribution >= 4 is 51.8 Å². The second kappa shape index (κ2) is 8.96. The summed E-state index contributed by atoms with van der Waals surface area (Å²) in [7, 11) is 0. The molecule has 33 heavy (non-hydrogen) atoms. The number of fused-ring (bicyclic) bond motifs is 1. The number of benzene rings is 3. The highest BCUT2D eigenvalue weighted by Crippen LogP contribution is 2.36. The van der Waals surface area contributed by atoms with Crippen molar-refractivity contribution in [2.24, 2.45) is 0 Å². The van der Waals surface area contributed by atoms with Gasteiger partial charge in [-0.1, -0.05) is 72.8 Å². The number of carbonyl (C=O) groups excluding carboxylic acids is 2. The van der Waals surface area contributed by atoms with Crippen LogP contribution in [0.25, 0.3) is 22.2 Å². The van der Waals surface area contributed by atoms with Crippen LogP contribution in [0, 0.1) is 0 Å². The van der Waals surface area contributed by atoms with Gasteiger partial charge in [0.1, 0.15) is 5.25 Å². The Kier molecular flexibility index (Phi) is 5.87. The fourth-order valence-corrected chi connectivity index (χ4v) is 5.08. The second-order valence-electron chi connectivity index (χ2n) is 7.78. The molecule has 0 N–H and O–H groups in total. The number of hydrogen-bond donors (Lipinski definition) is 0. The number of hydrogen-bond acceptors (Lipinski definition) is 5. The lowest BCUT2D eigenvalue weighted by Crippen LogP contribution is -2.31. The van der Waals surface area contributed by atoms with Crippen LogP contribution in [0.3, 0.4) is 0 Å². The van der Waals surface area contributed by atoms with Gasteiger partial charge in [-0.25, -0.2) is 14.9 Å². The molecule has 1 fully saturated rings. The first-order chi connectivity index (χ1) is 16.0. The van der Waals surface area contributed by atoms with Crippen LogP contribution in [0.4, 0.5) is 5.69 Å². The van der Waals surface area contributed by atoms with Crippen LogP contribution in [0.2, 0.25) is 5.02 Å². The summed E-state index contributed by atoms with van der Waals surface area (Å²) in [6.07, 6.45) is 1.01. The van der Waals surface area contributed by atoms with E-state index in [-0.39, 0.29) is 18.2 Å². The van der Waals surface area contributed by atoms with Gasteiger partial charge in [0.25, 0.3) is 0 Å². The first kappa shape index (κ1) is 21.6. The Morgan fingerprint density at radius 1 is 1.00 bits per heavy atom. The Hall–Kier alpha value is -3.22. The molecule has 0 aliphatic carbocycles. The molecule has 7 heteroatoms. The topological polar surface area (TPSA) is 63.2 Å². The predicted octanol–water partition coefficient (Wildman–Crippen LogP) is 5.94. The van der Waals surface area contributed by atoms with Gasteiger partial charge in [0.05, 0.1) is 16.9 Å². The number of amides is 2. The number of halogens is 1. The summed E-state index contributed by atoms with van der Waals surface area (Å²) in [4.78, 5) is 36.6. The molecule has 3 aromatic carbocycles. The molecule has 0 saturated carbocycles. The Labute approximate surface area is 200 Å². The molecular weight excluding hydrogens is 454 g/mol. The number of nitrogens with zero attached hydrogens (tertiary/aromatic N) is 3.